The van der Waals surface area contributed by atoms with Crippen molar-refractivity contribution in [2.45, 2.75) is 46.3 Å². The summed E-state index contributed by atoms with van der Waals surface area (Å²) < 4.78 is 11.6. The number of aryl methyl sites for hydroxylation is 1. The summed E-state index contributed by atoms with van der Waals surface area (Å²) in [7, 11) is 0. The standard InChI is InChI=1S/C16H22O2/c1-12(2)10-14-11-13(3)7-8-15(14)18-16-6-4-5-9-17-16/h7-8,10-11,16H,4-6,9H2,1-3H3. The van der Waals surface area contributed by atoms with Crippen LogP contribution in [-0.4, -0.2) is 12.9 Å². The zero-order chi connectivity index (χ0) is 13.0. The van der Waals surface area contributed by atoms with Crippen molar-refractivity contribution >= 4 is 6.08 Å². The van der Waals surface area contributed by atoms with Crippen LogP contribution in [-0.2, 0) is 4.74 Å². The number of hydrogen-bond donors (Lipinski definition) is 0. The largest absolute Gasteiger partial charge is 0.464 e. The maximum absolute atomic E-state index is 5.98. The Kier molecular flexibility index (Phi) is 4.43. The molecule has 0 aliphatic carbocycles. The molecule has 2 heteroatoms. The van der Waals surface area contributed by atoms with E-state index >= 15 is 0 Å². The Morgan fingerprint density at radius 2 is 2.17 bits per heavy atom. The zero-order valence-electron chi connectivity index (χ0n) is 11.5. The molecule has 2 rings (SSSR count). The number of benzene rings is 1. The topological polar surface area (TPSA) is 18.5 Å². The van der Waals surface area contributed by atoms with E-state index in [2.05, 4.69) is 39.0 Å². The number of rotatable bonds is 3. The van der Waals surface area contributed by atoms with Gasteiger partial charge in [0.2, 0.25) is 0 Å². The van der Waals surface area contributed by atoms with Gasteiger partial charge in [-0.25, -0.2) is 0 Å². The first-order valence-corrected chi connectivity index (χ1v) is 6.69. The van der Waals surface area contributed by atoms with Crippen LogP contribution in [0.15, 0.2) is 23.8 Å². The molecule has 1 fully saturated rings. The average molecular weight is 246 g/mol. The van der Waals surface area contributed by atoms with Gasteiger partial charge in [0, 0.05) is 12.0 Å². The summed E-state index contributed by atoms with van der Waals surface area (Å²) in [5.41, 5.74) is 3.67. The van der Waals surface area contributed by atoms with Gasteiger partial charge in [0.05, 0.1) is 6.61 Å². The minimum Gasteiger partial charge on any atom is -0.464 e. The lowest BCUT2D eigenvalue weighted by atomic mass is 10.1. The molecule has 1 aliphatic rings. The maximum atomic E-state index is 5.98. The highest BCUT2D eigenvalue weighted by atomic mass is 16.7. The van der Waals surface area contributed by atoms with Crippen molar-refractivity contribution in [1.82, 2.24) is 0 Å². The van der Waals surface area contributed by atoms with Gasteiger partial charge >= 0.3 is 0 Å². The molecule has 1 unspecified atom stereocenters. The predicted molar refractivity (Wildman–Crippen MR) is 74.7 cm³/mol. The van der Waals surface area contributed by atoms with E-state index in [1.54, 1.807) is 0 Å². The first kappa shape index (κ1) is 13.2. The normalized spacial score (nSPS) is 19.4. The molecule has 1 saturated heterocycles. The van der Waals surface area contributed by atoms with Crippen molar-refractivity contribution in [2.75, 3.05) is 6.61 Å². The molecular formula is C16H22O2. The van der Waals surface area contributed by atoms with Crippen LogP contribution in [0.25, 0.3) is 6.08 Å². The van der Waals surface area contributed by atoms with E-state index in [4.69, 9.17) is 9.47 Å². The summed E-state index contributed by atoms with van der Waals surface area (Å²) in [5, 5.41) is 0. The molecule has 0 bridgehead atoms. The molecule has 1 atom stereocenters. The lowest BCUT2D eigenvalue weighted by molar-refractivity contribution is -0.106. The van der Waals surface area contributed by atoms with Gasteiger partial charge in [-0.2, -0.15) is 0 Å². The number of allylic oxidation sites excluding steroid dienone is 1. The zero-order valence-corrected chi connectivity index (χ0v) is 11.5. The molecule has 0 aromatic heterocycles. The van der Waals surface area contributed by atoms with E-state index < -0.39 is 0 Å². The Morgan fingerprint density at radius 1 is 1.33 bits per heavy atom. The summed E-state index contributed by atoms with van der Waals surface area (Å²) in [6, 6.07) is 6.29. The van der Waals surface area contributed by atoms with Crippen LogP contribution < -0.4 is 4.74 Å². The van der Waals surface area contributed by atoms with E-state index in [-0.39, 0.29) is 6.29 Å². The Balaban J connectivity index is 2.17. The number of ether oxygens (including phenoxy) is 2. The van der Waals surface area contributed by atoms with E-state index in [1.165, 1.54) is 17.6 Å². The molecule has 1 aromatic rings. The third-order valence-electron chi connectivity index (χ3n) is 3.01. The van der Waals surface area contributed by atoms with Crippen LogP contribution in [0.3, 0.4) is 0 Å². The molecule has 0 saturated carbocycles. The fourth-order valence-corrected chi connectivity index (χ4v) is 2.14. The summed E-state index contributed by atoms with van der Waals surface area (Å²) in [5.74, 6) is 0.925. The second-order valence-electron chi connectivity index (χ2n) is 5.18. The van der Waals surface area contributed by atoms with E-state index in [9.17, 15) is 0 Å². The second-order valence-corrected chi connectivity index (χ2v) is 5.18. The van der Waals surface area contributed by atoms with Gasteiger partial charge in [-0.3, -0.25) is 0 Å². The van der Waals surface area contributed by atoms with Gasteiger partial charge in [-0.05, 0) is 45.7 Å². The first-order valence-electron chi connectivity index (χ1n) is 6.69. The Morgan fingerprint density at radius 3 is 2.83 bits per heavy atom. The monoisotopic (exact) mass is 246 g/mol. The smallest absolute Gasteiger partial charge is 0.199 e. The molecular weight excluding hydrogens is 224 g/mol. The molecule has 1 heterocycles. The third-order valence-corrected chi connectivity index (χ3v) is 3.01. The summed E-state index contributed by atoms with van der Waals surface area (Å²) >= 11 is 0. The van der Waals surface area contributed by atoms with Crippen LogP contribution in [0.1, 0.15) is 44.2 Å². The third kappa shape index (κ3) is 3.61. The lowest BCUT2D eigenvalue weighted by Crippen LogP contribution is -2.25. The Bertz CT molecular complexity index is 425. The Labute approximate surface area is 110 Å². The quantitative estimate of drug-likeness (QED) is 0.790. The highest BCUT2D eigenvalue weighted by Gasteiger charge is 2.16. The molecule has 0 spiro atoms. The van der Waals surface area contributed by atoms with Gasteiger partial charge in [0.25, 0.3) is 0 Å². The SMILES string of the molecule is CC(C)=Cc1cc(C)ccc1OC1CCCCO1. The molecule has 18 heavy (non-hydrogen) atoms. The maximum Gasteiger partial charge on any atom is 0.199 e. The van der Waals surface area contributed by atoms with Crippen molar-refractivity contribution in [2.24, 2.45) is 0 Å². The van der Waals surface area contributed by atoms with Crippen LogP contribution >= 0.6 is 0 Å². The van der Waals surface area contributed by atoms with Gasteiger partial charge in [-0.1, -0.05) is 23.3 Å². The van der Waals surface area contributed by atoms with E-state index in [0.717, 1.165) is 30.8 Å². The van der Waals surface area contributed by atoms with Gasteiger partial charge in [0.15, 0.2) is 6.29 Å². The van der Waals surface area contributed by atoms with Gasteiger partial charge in [-0.15, -0.1) is 0 Å². The first-order chi connectivity index (χ1) is 8.65. The van der Waals surface area contributed by atoms with Crippen molar-refractivity contribution in [3.8, 4) is 5.75 Å². The van der Waals surface area contributed by atoms with Crippen LogP contribution in [0, 0.1) is 6.92 Å². The van der Waals surface area contributed by atoms with Crippen LogP contribution in [0.4, 0.5) is 0 Å². The predicted octanol–water partition coefficient (Wildman–Crippen LogP) is 4.32. The molecule has 1 aromatic carbocycles. The second kappa shape index (κ2) is 6.05. The Hall–Kier alpha value is -1.28. The average Bonchev–Trinajstić information content (AvgIpc) is 2.33. The molecule has 2 nitrogen and oxygen atoms in total. The number of hydrogen-bond acceptors (Lipinski definition) is 2. The van der Waals surface area contributed by atoms with Crippen molar-refractivity contribution in [3.63, 3.8) is 0 Å². The summed E-state index contributed by atoms with van der Waals surface area (Å²) in [6.07, 6.45) is 5.40. The molecule has 0 amide bonds. The van der Waals surface area contributed by atoms with Crippen LogP contribution in [0.5, 0.6) is 5.75 Å². The van der Waals surface area contributed by atoms with Crippen molar-refractivity contribution in [1.29, 1.82) is 0 Å². The van der Waals surface area contributed by atoms with Crippen LogP contribution in [0.2, 0.25) is 0 Å². The molecule has 0 N–H and O–H groups in total. The minimum absolute atomic E-state index is 0.0780. The fraction of sp³-hybridized carbons (Fsp3) is 0.500. The van der Waals surface area contributed by atoms with Crippen molar-refractivity contribution < 1.29 is 9.47 Å². The fourth-order valence-electron chi connectivity index (χ4n) is 2.14. The summed E-state index contributed by atoms with van der Waals surface area (Å²) in [4.78, 5) is 0. The van der Waals surface area contributed by atoms with Crippen molar-refractivity contribution in [3.05, 3.63) is 34.9 Å². The highest BCUT2D eigenvalue weighted by molar-refractivity contribution is 5.60. The van der Waals surface area contributed by atoms with Gasteiger partial charge < -0.3 is 9.47 Å². The summed E-state index contributed by atoms with van der Waals surface area (Å²) in [6.45, 7) is 7.12. The molecule has 1 aliphatic heterocycles. The van der Waals surface area contributed by atoms with E-state index in [1.807, 2.05) is 6.07 Å². The highest BCUT2D eigenvalue weighted by Crippen LogP contribution is 2.26. The van der Waals surface area contributed by atoms with Gasteiger partial charge in [0.1, 0.15) is 5.75 Å². The van der Waals surface area contributed by atoms with E-state index in [0.29, 0.717) is 0 Å². The molecule has 98 valence electrons. The lowest BCUT2D eigenvalue weighted by Gasteiger charge is -2.24. The minimum atomic E-state index is -0.0780. The molecule has 0 radical (unpaired) electrons.